The number of piperidine rings is 1. The largest absolute Gasteiger partial charge is 0.377 e. The maximum Gasteiger partial charge on any atom is 0.263 e. The van der Waals surface area contributed by atoms with E-state index in [-0.39, 0.29) is 93.0 Å². The predicted molar refractivity (Wildman–Crippen MR) is 216 cm³/mol. The van der Waals surface area contributed by atoms with Crippen LogP contribution in [0.2, 0.25) is 0 Å². The van der Waals surface area contributed by atoms with E-state index in [2.05, 4.69) is 41.1 Å². The lowest BCUT2D eigenvalue weighted by molar-refractivity contribution is -0.128. The zero-order valence-corrected chi connectivity index (χ0v) is 33.2. The molecule has 3 atom stereocenters. The topological polar surface area (TPSA) is 245 Å². The van der Waals surface area contributed by atoms with E-state index in [1.165, 1.54) is 16.3 Å². The minimum atomic E-state index is -1.25. The molecule has 2 saturated heterocycles. The highest BCUT2D eigenvalue weighted by atomic mass is 32.2. The molecule has 0 saturated carbocycles. The fraction of sp³-hybridized carbons (Fsp3) is 0.436. The Morgan fingerprint density at radius 3 is 2.57 bits per heavy atom. The molecule has 4 heterocycles. The quantitative estimate of drug-likeness (QED) is 0.0834. The fourth-order valence-corrected chi connectivity index (χ4v) is 7.51. The van der Waals surface area contributed by atoms with Crippen LogP contribution in [-0.4, -0.2) is 106 Å². The molecule has 2 aliphatic heterocycles. The Kier molecular flexibility index (Phi) is 14.0. The van der Waals surface area contributed by atoms with Gasteiger partial charge in [-0.1, -0.05) is 23.9 Å². The van der Waals surface area contributed by atoms with Gasteiger partial charge in [0.2, 0.25) is 23.6 Å². The molecule has 4 amide bonds. The molecule has 308 valence electrons. The van der Waals surface area contributed by atoms with Gasteiger partial charge in [-0.15, -0.1) is 0 Å². The number of aromatic nitrogens is 4. The molecule has 7 N–H and O–H groups in total. The third-order valence-electron chi connectivity index (χ3n) is 9.59. The number of hydrogen-bond acceptors (Lipinski definition) is 14. The molecule has 3 unspecified atom stereocenters. The van der Waals surface area contributed by atoms with Crippen molar-refractivity contribution in [2.24, 2.45) is 5.73 Å². The Morgan fingerprint density at radius 2 is 1.81 bits per heavy atom. The number of aliphatic hydroxyl groups excluding tert-OH is 1. The number of nitrogens with one attached hydrogen (secondary N) is 4. The molecule has 4 aromatic rings. The van der Waals surface area contributed by atoms with Crippen LogP contribution in [0.15, 0.2) is 69.6 Å². The van der Waals surface area contributed by atoms with Crippen molar-refractivity contribution < 1.29 is 33.8 Å². The number of nitrogens with zero attached hydrogens (tertiary/aromatic N) is 5. The summed E-state index contributed by atoms with van der Waals surface area (Å²) in [6, 6.07) is 11.5. The van der Waals surface area contributed by atoms with Crippen molar-refractivity contribution in [3.8, 4) is 0 Å². The van der Waals surface area contributed by atoms with Gasteiger partial charge in [0, 0.05) is 55.0 Å². The van der Waals surface area contributed by atoms with Crippen molar-refractivity contribution in [3.63, 3.8) is 0 Å². The smallest absolute Gasteiger partial charge is 0.263 e. The Bertz CT molecular complexity index is 2180. The number of carbonyl (C=O) groups is 4. The van der Waals surface area contributed by atoms with Crippen LogP contribution in [0.4, 0.5) is 17.2 Å². The average Bonchev–Trinajstić information content (AvgIpc) is 3.55. The minimum Gasteiger partial charge on any atom is -0.377 e. The summed E-state index contributed by atoms with van der Waals surface area (Å²) in [5, 5.41) is 22.0. The number of aryl methyl sites for hydroxylation is 1. The van der Waals surface area contributed by atoms with Crippen LogP contribution in [0.5, 0.6) is 0 Å². The first-order valence-corrected chi connectivity index (χ1v) is 19.8. The van der Waals surface area contributed by atoms with Crippen LogP contribution < -0.4 is 37.5 Å². The molecule has 2 aromatic carbocycles. The highest BCUT2D eigenvalue weighted by Crippen LogP contribution is 2.30. The number of fused-ring (bicyclic) bond motifs is 1. The minimum absolute atomic E-state index is 0.000403. The van der Waals surface area contributed by atoms with Crippen molar-refractivity contribution in [1.29, 1.82) is 0 Å². The molecule has 0 radical (unpaired) electrons. The van der Waals surface area contributed by atoms with Gasteiger partial charge in [-0.3, -0.25) is 28.5 Å². The van der Waals surface area contributed by atoms with Gasteiger partial charge in [0.05, 0.1) is 54.8 Å². The zero-order chi connectivity index (χ0) is 41.2. The average molecular weight is 817 g/mol. The Labute approximate surface area is 338 Å². The fourth-order valence-electron chi connectivity index (χ4n) is 6.73. The number of anilines is 3. The van der Waals surface area contributed by atoms with E-state index in [4.69, 9.17) is 15.2 Å². The van der Waals surface area contributed by atoms with Crippen molar-refractivity contribution >= 4 is 63.5 Å². The monoisotopic (exact) mass is 816 g/mol. The van der Waals surface area contributed by atoms with Crippen LogP contribution in [0.1, 0.15) is 50.9 Å². The van der Waals surface area contributed by atoms with Crippen LogP contribution in [0.25, 0.3) is 10.9 Å². The third kappa shape index (κ3) is 11.3. The summed E-state index contributed by atoms with van der Waals surface area (Å²) in [7, 11) is 0. The predicted octanol–water partition coefficient (Wildman–Crippen LogP) is 1.85. The number of rotatable bonds is 17. The summed E-state index contributed by atoms with van der Waals surface area (Å²) >= 11 is 1.43. The molecular formula is C39H48N10O8S. The van der Waals surface area contributed by atoms with Gasteiger partial charge < -0.3 is 46.5 Å². The molecule has 19 heteroatoms. The Hall–Kier alpha value is -5.47. The van der Waals surface area contributed by atoms with Gasteiger partial charge in [0.1, 0.15) is 29.5 Å². The second-order valence-corrected chi connectivity index (χ2v) is 15.5. The second-order valence-electron chi connectivity index (χ2n) is 14.4. The van der Waals surface area contributed by atoms with E-state index < -0.39 is 23.7 Å². The highest BCUT2D eigenvalue weighted by Gasteiger charge is 2.32. The van der Waals surface area contributed by atoms with E-state index >= 15 is 0 Å². The Morgan fingerprint density at radius 1 is 1.02 bits per heavy atom. The highest BCUT2D eigenvalue weighted by molar-refractivity contribution is 7.99. The van der Waals surface area contributed by atoms with Gasteiger partial charge in [0.25, 0.3) is 5.56 Å². The van der Waals surface area contributed by atoms with Crippen LogP contribution >= 0.6 is 11.8 Å². The Balaban J connectivity index is 0.844. The SMILES string of the molecule is Cc1nc2cccc(NC(=O)COCCOCCNC(=O)CCC(=O)Nc3cccc(Sc4cnc(N5CCC(C)(N)C5)cn4)c3)c2c(=O)n1C1CCC(=O)NC1O. The number of hydrogen-bond donors (Lipinski definition) is 6. The van der Waals surface area contributed by atoms with Gasteiger partial charge in [-0.2, -0.15) is 0 Å². The molecule has 2 aromatic heterocycles. The third-order valence-corrected chi connectivity index (χ3v) is 10.5. The summed E-state index contributed by atoms with van der Waals surface area (Å²) in [6.07, 6.45) is 3.54. The van der Waals surface area contributed by atoms with Crippen molar-refractivity contribution in [1.82, 2.24) is 30.2 Å². The number of carbonyl (C=O) groups excluding carboxylic acids is 4. The van der Waals surface area contributed by atoms with Crippen molar-refractivity contribution in [2.75, 3.05) is 61.6 Å². The molecule has 0 spiro atoms. The summed E-state index contributed by atoms with van der Waals surface area (Å²) in [4.78, 5) is 79.4. The second kappa shape index (κ2) is 19.3. The molecule has 2 fully saturated rings. The number of aliphatic hydroxyl groups is 1. The zero-order valence-electron chi connectivity index (χ0n) is 32.4. The van der Waals surface area contributed by atoms with Crippen molar-refractivity contribution in [3.05, 3.63) is 71.0 Å². The summed E-state index contributed by atoms with van der Waals surface area (Å²) in [5.74, 6) is -0.228. The van der Waals surface area contributed by atoms with E-state index in [1.807, 2.05) is 25.1 Å². The summed E-state index contributed by atoms with van der Waals surface area (Å²) in [6.45, 7) is 5.64. The molecule has 0 aliphatic carbocycles. The maximum atomic E-state index is 13.6. The number of amides is 4. The molecule has 6 rings (SSSR count). The van der Waals surface area contributed by atoms with E-state index in [0.717, 1.165) is 35.2 Å². The number of benzene rings is 2. The normalized spacial score (nSPS) is 19.2. The standard InChI is InChI=1S/C39H48N10O8S/c1-24-44-27-7-4-8-28(36(27)38(55)49(24)29-9-10-33(52)47-37(29)54)46-34(53)22-57-18-17-56-16-14-41-31(50)11-12-32(51)45-25-5-3-6-26(19-25)58-35-21-42-30(20-43-35)48-15-13-39(2,40)23-48/h3-8,19-21,29,37,54H,9-18,22-23,40H2,1-2H3,(H,41,50)(H,45,51)(H,46,53)(H,47,52). The maximum absolute atomic E-state index is 13.6. The van der Waals surface area contributed by atoms with Crippen LogP contribution in [0.3, 0.4) is 0 Å². The first-order valence-electron chi connectivity index (χ1n) is 19.0. The summed E-state index contributed by atoms with van der Waals surface area (Å²) < 4.78 is 12.3. The van der Waals surface area contributed by atoms with E-state index in [9.17, 15) is 29.1 Å². The number of nitrogens with two attached hydrogens (primary N) is 1. The molecular weight excluding hydrogens is 769 g/mol. The van der Waals surface area contributed by atoms with Crippen LogP contribution in [0, 0.1) is 6.92 Å². The first kappa shape index (κ1) is 42.1. The van der Waals surface area contributed by atoms with Gasteiger partial charge in [0.15, 0.2) is 0 Å². The lowest BCUT2D eigenvalue weighted by Crippen LogP contribution is -2.48. The van der Waals surface area contributed by atoms with E-state index in [0.29, 0.717) is 17.0 Å². The van der Waals surface area contributed by atoms with Crippen LogP contribution in [-0.2, 0) is 28.7 Å². The van der Waals surface area contributed by atoms with Gasteiger partial charge in [-0.25, -0.2) is 15.0 Å². The van der Waals surface area contributed by atoms with Gasteiger partial charge in [-0.05, 0) is 57.0 Å². The van der Waals surface area contributed by atoms with E-state index in [1.54, 1.807) is 43.6 Å². The van der Waals surface area contributed by atoms with Gasteiger partial charge >= 0.3 is 0 Å². The first-order chi connectivity index (χ1) is 27.8. The molecule has 0 bridgehead atoms. The van der Waals surface area contributed by atoms with Crippen molar-refractivity contribution in [2.45, 2.75) is 73.7 Å². The summed E-state index contributed by atoms with van der Waals surface area (Å²) in [5.41, 5.74) is 6.78. The lowest BCUT2D eigenvalue weighted by Gasteiger charge is -2.31. The molecule has 18 nitrogen and oxygen atoms in total. The molecule has 2 aliphatic rings. The molecule has 58 heavy (non-hydrogen) atoms. The lowest BCUT2D eigenvalue weighted by atomic mass is 10.0. The number of ether oxygens (including phenoxy) is 2.